The zero-order valence-corrected chi connectivity index (χ0v) is 11.4. The molecule has 2 N–H and O–H groups in total. The van der Waals surface area contributed by atoms with Crippen LogP contribution < -0.4 is 5.32 Å². The fourth-order valence-corrected chi connectivity index (χ4v) is 1.43. The van der Waals surface area contributed by atoms with E-state index in [2.05, 4.69) is 27.9 Å². The van der Waals surface area contributed by atoms with Gasteiger partial charge in [-0.25, -0.2) is 4.79 Å². The van der Waals surface area contributed by atoms with Gasteiger partial charge in [0, 0.05) is 16.3 Å². The highest BCUT2D eigenvalue weighted by molar-refractivity contribution is 14.1. The number of amides is 2. The number of aliphatic hydroxyl groups is 1. The summed E-state index contributed by atoms with van der Waals surface area (Å²) in [4.78, 5) is 13.2. The lowest BCUT2D eigenvalue weighted by molar-refractivity contribution is 0.166. The predicted molar refractivity (Wildman–Crippen MR) is 72.5 cm³/mol. The number of hydrogen-bond donors (Lipinski definition) is 2. The van der Waals surface area contributed by atoms with Crippen LogP contribution in [0, 0.1) is 3.57 Å². The van der Waals surface area contributed by atoms with Crippen molar-refractivity contribution in [3.05, 3.63) is 27.8 Å². The third kappa shape index (κ3) is 3.64. The van der Waals surface area contributed by atoms with Gasteiger partial charge in [0.25, 0.3) is 0 Å². The Labute approximate surface area is 109 Å². The maximum atomic E-state index is 11.7. The molecule has 0 radical (unpaired) electrons. The van der Waals surface area contributed by atoms with E-state index in [0.29, 0.717) is 0 Å². The molecule has 1 aromatic rings. The van der Waals surface area contributed by atoms with Crippen molar-refractivity contribution in [2.24, 2.45) is 0 Å². The maximum absolute atomic E-state index is 11.7. The number of likely N-dealkylation sites (N-methyl/N-ethyl adjacent to an activating group) is 1. The number of rotatable bonds is 3. The first kappa shape index (κ1) is 13.2. The lowest BCUT2D eigenvalue weighted by Gasteiger charge is -2.23. The Bertz CT molecular complexity index is 354. The Kier molecular flexibility index (Phi) is 5.01. The molecule has 0 aliphatic heterocycles. The second kappa shape index (κ2) is 6.05. The quantitative estimate of drug-likeness (QED) is 0.832. The second-order valence-corrected chi connectivity index (χ2v) is 4.83. The highest BCUT2D eigenvalue weighted by Crippen LogP contribution is 2.12. The number of nitrogens with one attached hydrogen (secondary N) is 1. The third-order valence-electron chi connectivity index (χ3n) is 2.34. The Morgan fingerprint density at radius 1 is 1.50 bits per heavy atom. The summed E-state index contributed by atoms with van der Waals surface area (Å²) in [7, 11) is 1.66. The van der Waals surface area contributed by atoms with Crippen molar-refractivity contribution in [1.82, 2.24) is 4.90 Å². The van der Waals surface area contributed by atoms with Crippen LogP contribution in [0.2, 0.25) is 0 Å². The molecular weight excluding hydrogens is 319 g/mol. The lowest BCUT2D eigenvalue weighted by Crippen LogP contribution is -2.40. The van der Waals surface area contributed by atoms with E-state index in [1.165, 1.54) is 4.90 Å². The number of halogens is 1. The van der Waals surface area contributed by atoms with Crippen molar-refractivity contribution < 1.29 is 9.90 Å². The first-order valence-electron chi connectivity index (χ1n) is 4.95. The molecule has 1 aromatic carbocycles. The molecule has 0 spiro atoms. The van der Waals surface area contributed by atoms with Crippen LogP contribution in [0.1, 0.15) is 6.92 Å². The molecule has 88 valence electrons. The zero-order valence-electron chi connectivity index (χ0n) is 9.27. The zero-order chi connectivity index (χ0) is 12.1. The maximum Gasteiger partial charge on any atom is 0.321 e. The van der Waals surface area contributed by atoms with E-state index in [4.69, 9.17) is 5.11 Å². The minimum absolute atomic E-state index is 0.0450. The van der Waals surface area contributed by atoms with Gasteiger partial charge < -0.3 is 15.3 Å². The van der Waals surface area contributed by atoms with Gasteiger partial charge in [0.1, 0.15) is 0 Å². The molecule has 0 heterocycles. The average Bonchev–Trinajstić information content (AvgIpc) is 2.30. The van der Waals surface area contributed by atoms with Crippen LogP contribution in [-0.2, 0) is 0 Å². The third-order valence-corrected chi connectivity index (χ3v) is 3.06. The molecule has 1 rings (SSSR count). The van der Waals surface area contributed by atoms with Crippen molar-refractivity contribution in [3.8, 4) is 0 Å². The van der Waals surface area contributed by atoms with E-state index < -0.39 is 0 Å². The standard InChI is InChI=1S/C11H15IN2O2/c1-8(7-15)14(2)11(16)13-10-5-3-9(12)4-6-10/h3-6,8,15H,7H2,1-2H3,(H,13,16). The van der Waals surface area contributed by atoms with Crippen LogP contribution in [0.4, 0.5) is 10.5 Å². The summed E-state index contributed by atoms with van der Waals surface area (Å²) in [6.45, 7) is 1.74. The molecule has 5 heteroatoms. The molecule has 1 atom stereocenters. The van der Waals surface area contributed by atoms with Crippen molar-refractivity contribution in [1.29, 1.82) is 0 Å². The van der Waals surface area contributed by atoms with Gasteiger partial charge in [0.05, 0.1) is 12.6 Å². The topological polar surface area (TPSA) is 52.6 Å². The van der Waals surface area contributed by atoms with Gasteiger partial charge in [-0.3, -0.25) is 0 Å². The smallest absolute Gasteiger partial charge is 0.321 e. The van der Waals surface area contributed by atoms with Crippen LogP contribution in [0.25, 0.3) is 0 Å². The first-order chi connectivity index (χ1) is 7.54. The molecule has 0 saturated carbocycles. The first-order valence-corrected chi connectivity index (χ1v) is 6.02. The van der Waals surface area contributed by atoms with Crippen molar-refractivity contribution in [2.45, 2.75) is 13.0 Å². The van der Waals surface area contributed by atoms with Gasteiger partial charge in [-0.1, -0.05) is 0 Å². The molecule has 0 fully saturated rings. The van der Waals surface area contributed by atoms with Gasteiger partial charge in [-0.15, -0.1) is 0 Å². The van der Waals surface area contributed by atoms with Gasteiger partial charge in [0.2, 0.25) is 0 Å². The van der Waals surface area contributed by atoms with E-state index in [9.17, 15) is 4.79 Å². The van der Waals surface area contributed by atoms with E-state index in [0.717, 1.165) is 9.26 Å². The molecule has 2 amide bonds. The Hall–Kier alpha value is -0.820. The predicted octanol–water partition coefficient (Wildman–Crippen LogP) is 2.14. The summed E-state index contributed by atoms with van der Waals surface area (Å²) in [5.74, 6) is 0. The Balaban J connectivity index is 2.60. The van der Waals surface area contributed by atoms with Gasteiger partial charge >= 0.3 is 6.03 Å². The number of anilines is 1. The number of benzene rings is 1. The average molecular weight is 334 g/mol. The number of nitrogens with zero attached hydrogens (tertiary/aromatic N) is 1. The number of urea groups is 1. The molecule has 0 aromatic heterocycles. The Morgan fingerprint density at radius 2 is 2.06 bits per heavy atom. The lowest BCUT2D eigenvalue weighted by atomic mass is 10.3. The SMILES string of the molecule is CC(CO)N(C)C(=O)Nc1ccc(I)cc1. The van der Waals surface area contributed by atoms with Crippen molar-refractivity contribution in [2.75, 3.05) is 19.0 Å². The number of aliphatic hydroxyl groups excluding tert-OH is 1. The fraction of sp³-hybridized carbons (Fsp3) is 0.364. The minimum Gasteiger partial charge on any atom is -0.394 e. The summed E-state index contributed by atoms with van der Waals surface area (Å²) in [5.41, 5.74) is 0.752. The summed E-state index contributed by atoms with van der Waals surface area (Å²) in [5, 5.41) is 11.7. The second-order valence-electron chi connectivity index (χ2n) is 3.58. The fourth-order valence-electron chi connectivity index (χ4n) is 1.07. The van der Waals surface area contributed by atoms with E-state index in [1.807, 2.05) is 24.3 Å². The highest BCUT2D eigenvalue weighted by atomic mass is 127. The van der Waals surface area contributed by atoms with Gasteiger partial charge in [-0.2, -0.15) is 0 Å². The van der Waals surface area contributed by atoms with Gasteiger partial charge in [0.15, 0.2) is 0 Å². The largest absolute Gasteiger partial charge is 0.394 e. The van der Waals surface area contributed by atoms with Crippen LogP contribution in [0.3, 0.4) is 0 Å². The van der Waals surface area contributed by atoms with Crippen molar-refractivity contribution >= 4 is 34.3 Å². The van der Waals surface area contributed by atoms with Gasteiger partial charge in [-0.05, 0) is 53.8 Å². The molecule has 0 aliphatic rings. The molecule has 4 nitrogen and oxygen atoms in total. The highest BCUT2D eigenvalue weighted by Gasteiger charge is 2.14. The van der Waals surface area contributed by atoms with E-state index >= 15 is 0 Å². The molecule has 0 aliphatic carbocycles. The molecule has 0 saturated heterocycles. The summed E-state index contributed by atoms with van der Waals surface area (Å²) >= 11 is 2.20. The number of hydrogen-bond acceptors (Lipinski definition) is 2. The minimum atomic E-state index is -0.220. The molecular formula is C11H15IN2O2. The molecule has 16 heavy (non-hydrogen) atoms. The number of carbonyl (C=O) groups excluding carboxylic acids is 1. The van der Waals surface area contributed by atoms with Crippen LogP contribution in [-0.4, -0.2) is 35.7 Å². The van der Waals surface area contributed by atoms with Crippen molar-refractivity contribution in [3.63, 3.8) is 0 Å². The van der Waals surface area contributed by atoms with Crippen LogP contribution >= 0.6 is 22.6 Å². The summed E-state index contributed by atoms with van der Waals surface area (Å²) in [6, 6.07) is 7.12. The van der Waals surface area contributed by atoms with Crippen LogP contribution in [0.5, 0.6) is 0 Å². The monoisotopic (exact) mass is 334 g/mol. The Morgan fingerprint density at radius 3 is 2.56 bits per heavy atom. The molecule has 1 unspecified atom stereocenters. The summed E-state index contributed by atoms with van der Waals surface area (Å²) < 4.78 is 1.12. The van der Waals surface area contributed by atoms with Crippen LogP contribution in [0.15, 0.2) is 24.3 Å². The molecule has 0 bridgehead atoms. The van der Waals surface area contributed by atoms with E-state index in [-0.39, 0.29) is 18.7 Å². The normalized spacial score (nSPS) is 12.0. The van der Waals surface area contributed by atoms with E-state index in [1.54, 1.807) is 14.0 Å². The summed E-state index contributed by atoms with van der Waals surface area (Å²) in [6.07, 6.45) is 0. The number of carbonyl (C=O) groups is 1.